The van der Waals surface area contributed by atoms with Gasteiger partial charge in [-0.05, 0) is 42.5 Å². The summed E-state index contributed by atoms with van der Waals surface area (Å²) in [5, 5.41) is 9.35. The zero-order valence-electron chi connectivity index (χ0n) is 13.4. The smallest absolute Gasteiger partial charge is 0.264 e. The summed E-state index contributed by atoms with van der Waals surface area (Å²) >= 11 is 0. The fourth-order valence-electron chi connectivity index (χ4n) is 2.61. The Morgan fingerprint density at radius 2 is 2.05 bits per heavy atom. The average molecular weight is 298 g/mol. The number of amides is 1. The molecule has 0 unspecified atom stereocenters. The minimum Gasteiger partial charge on any atom is -0.496 e. The molecule has 4 heteroatoms. The van der Waals surface area contributed by atoms with Crippen molar-refractivity contribution in [3.05, 3.63) is 34.9 Å². The lowest BCUT2D eigenvalue weighted by atomic mass is 9.99. The SMILES string of the molecule is COc1ccc(C(C)C)cc1/C=C(\C#N)C(=O)N1CCCC1. The molecular weight excluding hydrogens is 276 g/mol. The monoisotopic (exact) mass is 298 g/mol. The van der Waals surface area contributed by atoms with E-state index in [4.69, 9.17) is 4.74 Å². The summed E-state index contributed by atoms with van der Waals surface area (Å²) in [6.07, 6.45) is 3.67. The van der Waals surface area contributed by atoms with E-state index in [1.807, 2.05) is 24.3 Å². The van der Waals surface area contributed by atoms with Gasteiger partial charge in [-0.1, -0.05) is 19.9 Å². The van der Waals surface area contributed by atoms with E-state index in [1.54, 1.807) is 18.1 Å². The molecule has 0 saturated carbocycles. The van der Waals surface area contributed by atoms with Gasteiger partial charge in [0.2, 0.25) is 0 Å². The number of carbonyl (C=O) groups excluding carboxylic acids is 1. The summed E-state index contributed by atoms with van der Waals surface area (Å²) in [6.45, 7) is 5.69. The maximum Gasteiger partial charge on any atom is 0.264 e. The maximum atomic E-state index is 12.4. The zero-order valence-corrected chi connectivity index (χ0v) is 13.4. The van der Waals surface area contributed by atoms with E-state index in [1.165, 1.54) is 0 Å². The van der Waals surface area contributed by atoms with Crippen molar-refractivity contribution in [1.29, 1.82) is 5.26 Å². The Morgan fingerprint density at radius 1 is 1.36 bits per heavy atom. The van der Waals surface area contributed by atoms with Crippen molar-refractivity contribution in [3.63, 3.8) is 0 Å². The van der Waals surface area contributed by atoms with Gasteiger partial charge in [0.1, 0.15) is 17.4 Å². The van der Waals surface area contributed by atoms with Gasteiger partial charge in [0.15, 0.2) is 0 Å². The summed E-state index contributed by atoms with van der Waals surface area (Å²) in [5.41, 5.74) is 2.09. The van der Waals surface area contributed by atoms with Crippen LogP contribution in [-0.4, -0.2) is 31.0 Å². The molecule has 1 heterocycles. The standard InChI is InChI=1S/C18H22N2O2/c1-13(2)14-6-7-17(22-3)15(10-14)11-16(12-19)18(21)20-8-4-5-9-20/h6-7,10-11,13H,4-5,8-9H2,1-3H3/b16-11+. The normalized spacial score (nSPS) is 15.0. The van der Waals surface area contributed by atoms with Gasteiger partial charge in [-0.15, -0.1) is 0 Å². The second-order valence-electron chi connectivity index (χ2n) is 5.83. The topological polar surface area (TPSA) is 53.3 Å². The number of nitrogens with zero attached hydrogens (tertiary/aromatic N) is 2. The van der Waals surface area contributed by atoms with Crippen LogP contribution in [0.2, 0.25) is 0 Å². The Morgan fingerprint density at radius 3 is 2.59 bits per heavy atom. The van der Waals surface area contributed by atoms with E-state index >= 15 is 0 Å². The Bertz CT molecular complexity index is 620. The van der Waals surface area contributed by atoms with Gasteiger partial charge in [0.25, 0.3) is 5.91 Å². The van der Waals surface area contributed by atoms with Crippen LogP contribution < -0.4 is 4.74 Å². The Labute approximate surface area is 132 Å². The van der Waals surface area contributed by atoms with Gasteiger partial charge >= 0.3 is 0 Å². The molecule has 116 valence electrons. The van der Waals surface area contributed by atoms with Crippen LogP contribution in [0.3, 0.4) is 0 Å². The van der Waals surface area contributed by atoms with E-state index < -0.39 is 0 Å². The number of hydrogen-bond acceptors (Lipinski definition) is 3. The summed E-state index contributed by atoms with van der Waals surface area (Å²) in [4.78, 5) is 14.1. The van der Waals surface area contributed by atoms with E-state index in [2.05, 4.69) is 13.8 Å². The molecule has 1 fully saturated rings. The summed E-state index contributed by atoms with van der Waals surface area (Å²) < 4.78 is 5.35. The number of methoxy groups -OCH3 is 1. The van der Waals surface area contributed by atoms with Crippen molar-refractivity contribution in [2.24, 2.45) is 0 Å². The molecule has 0 bridgehead atoms. The van der Waals surface area contributed by atoms with E-state index in [9.17, 15) is 10.1 Å². The molecule has 2 rings (SSSR count). The second kappa shape index (κ2) is 7.13. The summed E-state index contributed by atoms with van der Waals surface area (Å²) in [6, 6.07) is 7.92. The van der Waals surface area contributed by atoms with Crippen molar-refractivity contribution < 1.29 is 9.53 Å². The lowest BCUT2D eigenvalue weighted by molar-refractivity contribution is -0.125. The lowest BCUT2D eigenvalue weighted by Crippen LogP contribution is -2.28. The summed E-state index contributed by atoms with van der Waals surface area (Å²) in [7, 11) is 1.59. The number of rotatable bonds is 4. The third-order valence-corrected chi connectivity index (χ3v) is 3.96. The summed E-state index contributed by atoms with van der Waals surface area (Å²) in [5.74, 6) is 0.862. The predicted molar refractivity (Wildman–Crippen MR) is 86.5 cm³/mol. The van der Waals surface area contributed by atoms with Gasteiger partial charge in [0.05, 0.1) is 7.11 Å². The van der Waals surface area contributed by atoms with Crippen LogP contribution in [0.25, 0.3) is 6.08 Å². The molecule has 1 aliphatic rings. The largest absolute Gasteiger partial charge is 0.496 e. The van der Waals surface area contributed by atoms with E-state index in [0.717, 1.165) is 37.1 Å². The highest BCUT2D eigenvalue weighted by Crippen LogP contribution is 2.26. The van der Waals surface area contributed by atoms with Gasteiger partial charge in [0, 0.05) is 18.7 Å². The quantitative estimate of drug-likeness (QED) is 0.632. The van der Waals surface area contributed by atoms with Gasteiger partial charge in [-0.2, -0.15) is 5.26 Å². The Hall–Kier alpha value is -2.28. The fourth-order valence-corrected chi connectivity index (χ4v) is 2.61. The first kappa shape index (κ1) is 16.1. The number of carbonyl (C=O) groups is 1. The molecule has 0 radical (unpaired) electrons. The van der Waals surface area contributed by atoms with Crippen LogP contribution in [0.15, 0.2) is 23.8 Å². The highest BCUT2D eigenvalue weighted by Gasteiger charge is 2.21. The number of benzene rings is 1. The van der Waals surface area contributed by atoms with Crippen molar-refractivity contribution in [2.45, 2.75) is 32.6 Å². The molecule has 0 aliphatic carbocycles. The molecule has 1 aromatic carbocycles. The minimum atomic E-state index is -0.183. The third-order valence-electron chi connectivity index (χ3n) is 3.96. The number of nitriles is 1. The lowest BCUT2D eigenvalue weighted by Gasteiger charge is -2.15. The van der Waals surface area contributed by atoms with Gasteiger partial charge in [-0.25, -0.2) is 0 Å². The highest BCUT2D eigenvalue weighted by atomic mass is 16.5. The van der Waals surface area contributed by atoms with Crippen LogP contribution >= 0.6 is 0 Å². The fraction of sp³-hybridized carbons (Fsp3) is 0.444. The highest BCUT2D eigenvalue weighted by molar-refractivity contribution is 6.02. The number of ether oxygens (including phenoxy) is 1. The molecule has 22 heavy (non-hydrogen) atoms. The van der Waals surface area contributed by atoms with E-state index in [-0.39, 0.29) is 11.5 Å². The Balaban J connectivity index is 2.37. The molecule has 0 atom stereocenters. The molecule has 0 N–H and O–H groups in total. The second-order valence-corrected chi connectivity index (χ2v) is 5.83. The van der Waals surface area contributed by atoms with Crippen molar-refractivity contribution >= 4 is 12.0 Å². The third kappa shape index (κ3) is 3.48. The van der Waals surface area contributed by atoms with Gasteiger partial charge < -0.3 is 9.64 Å². The number of likely N-dealkylation sites (tertiary alicyclic amines) is 1. The van der Waals surface area contributed by atoms with Crippen LogP contribution in [-0.2, 0) is 4.79 Å². The van der Waals surface area contributed by atoms with E-state index in [0.29, 0.717) is 11.7 Å². The van der Waals surface area contributed by atoms with Gasteiger partial charge in [-0.3, -0.25) is 4.79 Å². The average Bonchev–Trinajstić information content (AvgIpc) is 3.06. The van der Waals surface area contributed by atoms with Crippen molar-refractivity contribution in [1.82, 2.24) is 4.90 Å². The molecule has 1 aromatic rings. The first-order chi connectivity index (χ1) is 10.6. The van der Waals surface area contributed by atoms with Crippen LogP contribution in [0.1, 0.15) is 43.7 Å². The first-order valence-electron chi connectivity index (χ1n) is 7.65. The Kier molecular flexibility index (Phi) is 5.21. The zero-order chi connectivity index (χ0) is 16.1. The predicted octanol–water partition coefficient (Wildman–Crippen LogP) is 3.35. The number of hydrogen-bond donors (Lipinski definition) is 0. The molecule has 4 nitrogen and oxygen atoms in total. The van der Waals surface area contributed by atoms with Crippen LogP contribution in [0.4, 0.5) is 0 Å². The van der Waals surface area contributed by atoms with Crippen molar-refractivity contribution in [3.8, 4) is 11.8 Å². The van der Waals surface area contributed by atoms with Crippen LogP contribution in [0, 0.1) is 11.3 Å². The molecule has 1 amide bonds. The molecule has 0 spiro atoms. The molecule has 1 saturated heterocycles. The molecule has 1 aliphatic heterocycles. The van der Waals surface area contributed by atoms with Crippen LogP contribution in [0.5, 0.6) is 5.75 Å². The maximum absolute atomic E-state index is 12.4. The first-order valence-corrected chi connectivity index (χ1v) is 7.65. The minimum absolute atomic E-state index is 0.168. The molecular formula is C18H22N2O2. The van der Waals surface area contributed by atoms with Crippen molar-refractivity contribution in [2.75, 3.05) is 20.2 Å². The molecule has 0 aromatic heterocycles.